The third-order valence-electron chi connectivity index (χ3n) is 6.27. The van der Waals surface area contributed by atoms with E-state index in [1.54, 1.807) is 0 Å². The van der Waals surface area contributed by atoms with Crippen molar-refractivity contribution in [2.75, 3.05) is 0 Å². The lowest BCUT2D eigenvalue weighted by molar-refractivity contribution is 0.0112. The average molecular weight is 350 g/mol. The van der Waals surface area contributed by atoms with Gasteiger partial charge in [0.2, 0.25) is 0 Å². The van der Waals surface area contributed by atoms with Crippen molar-refractivity contribution >= 4 is 11.7 Å². The molecule has 0 unspecified atom stereocenters. The van der Waals surface area contributed by atoms with Gasteiger partial charge in [-0.2, -0.15) is 0 Å². The van der Waals surface area contributed by atoms with Gasteiger partial charge in [0.25, 0.3) is 5.91 Å². The van der Waals surface area contributed by atoms with Crippen LogP contribution in [0, 0.1) is 13.8 Å². The molecular formula is C21H22N2O3. The van der Waals surface area contributed by atoms with Crippen LogP contribution in [0.15, 0.2) is 30.3 Å². The molecule has 1 aromatic heterocycles. The van der Waals surface area contributed by atoms with Gasteiger partial charge in [-0.3, -0.25) is 9.59 Å². The van der Waals surface area contributed by atoms with Crippen molar-refractivity contribution in [2.24, 2.45) is 0 Å². The van der Waals surface area contributed by atoms with Crippen molar-refractivity contribution in [2.45, 2.75) is 57.2 Å². The number of aryl methyl sites for hydroxylation is 2. The molecule has 134 valence electrons. The molecule has 1 amide bonds. The van der Waals surface area contributed by atoms with Crippen molar-refractivity contribution in [3.63, 3.8) is 0 Å². The smallest absolute Gasteiger partial charge is 0.256 e. The van der Waals surface area contributed by atoms with Gasteiger partial charge in [-0.05, 0) is 44.9 Å². The van der Waals surface area contributed by atoms with Crippen LogP contribution in [0.25, 0.3) is 0 Å². The fourth-order valence-corrected chi connectivity index (χ4v) is 5.23. The van der Waals surface area contributed by atoms with E-state index in [1.807, 2.05) is 49.1 Å². The summed E-state index contributed by atoms with van der Waals surface area (Å²) in [5, 5.41) is 0. The molecular weight excluding hydrogens is 328 g/mol. The number of benzene rings is 1. The van der Waals surface area contributed by atoms with Crippen LogP contribution in [0.1, 0.15) is 57.8 Å². The number of ketones is 1. The van der Waals surface area contributed by atoms with Gasteiger partial charge in [0.15, 0.2) is 5.78 Å². The normalized spacial score (nSPS) is 29.2. The van der Waals surface area contributed by atoms with E-state index in [9.17, 15) is 9.59 Å². The van der Waals surface area contributed by atoms with E-state index in [0.29, 0.717) is 17.7 Å². The Kier molecular flexibility index (Phi) is 3.15. The average Bonchev–Trinajstić information content (AvgIpc) is 3.25. The number of aromatic amines is 1. The van der Waals surface area contributed by atoms with Gasteiger partial charge in [-0.1, -0.05) is 12.1 Å². The van der Waals surface area contributed by atoms with Crippen LogP contribution in [-0.2, 0) is 0 Å². The Morgan fingerprint density at radius 3 is 2.85 bits per heavy atom. The van der Waals surface area contributed by atoms with Gasteiger partial charge in [0.1, 0.15) is 11.4 Å². The molecule has 5 rings (SSSR count). The largest absolute Gasteiger partial charge is 0.484 e. The quantitative estimate of drug-likeness (QED) is 0.857. The number of para-hydroxylation sites is 1. The fourth-order valence-electron chi connectivity index (χ4n) is 5.23. The molecule has 5 nitrogen and oxygen atoms in total. The number of nitrogens with one attached hydrogen (secondary N) is 1. The molecule has 3 aliphatic rings. The van der Waals surface area contributed by atoms with E-state index in [0.717, 1.165) is 36.2 Å². The van der Waals surface area contributed by atoms with Gasteiger partial charge < -0.3 is 14.6 Å². The lowest BCUT2D eigenvalue weighted by Crippen LogP contribution is -2.52. The number of carbonyl (C=O) groups is 2. The zero-order chi connectivity index (χ0) is 18.1. The van der Waals surface area contributed by atoms with Crippen molar-refractivity contribution < 1.29 is 14.3 Å². The second-order valence-electron chi connectivity index (χ2n) is 7.92. The summed E-state index contributed by atoms with van der Waals surface area (Å²) in [4.78, 5) is 31.2. The standard InChI is InChI=1S/C21H22N2O3/c1-12-9-16(13(2)22-12)20(25)23-14-7-8-19(23)21(10-14)11-17(24)15-5-3-4-6-18(15)26-21/h3-6,9,14,19,22H,7-8,10-11H2,1-2H3/t14-,19-,21-/m1/s1. The minimum atomic E-state index is -0.566. The third-order valence-corrected chi connectivity index (χ3v) is 6.27. The summed E-state index contributed by atoms with van der Waals surface area (Å²) in [5.41, 5.74) is 2.72. The maximum Gasteiger partial charge on any atom is 0.256 e. The highest BCUT2D eigenvalue weighted by molar-refractivity contribution is 6.01. The highest BCUT2D eigenvalue weighted by Crippen LogP contribution is 2.51. The summed E-state index contributed by atoms with van der Waals surface area (Å²) in [7, 11) is 0. The van der Waals surface area contributed by atoms with Gasteiger partial charge in [0.05, 0.1) is 23.6 Å². The second-order valence-corrected chi connectivity index (χ2v) is 7.92. The maximum atomic E-state index is 13.3. The summed E-state index contributed by atoms with van der Waals surface area (Å²) < 4.78 is 6.41. The Balaban J connectivity index is 1.51. The third kappa shape index (κ3) is 2.03. The Bertz CT molecular complexity index is 931. The molecule has 26 heavy (non-hydrogen) atoms. The fraction of sp³-hybridized carbons (Fsp3) is 0.429. The van der Waals surface area contributed by atoms with Crippen molar-refractivity contribution in [1.29, 1.82) is 0 Å². The first kappa shape index (κ1) is 15.7. The number of amides is 1. The predicted octanol–water partition coefficient (Wildman–Crippen LogP) is 3.41. The zero-order valence-corrected chi connectivity index (χ0v) is 15.0. The first-order chi connectivity index (χ1) is 12.5. The molecule has 1 spiro atoms. The van der Waals surface area contributed by atoms with E-state index < -0.39 is 5.60 Å². The minimum Gasteiger partial charge on any atom is -0.484 e. The Labute approximate surface area is 152 Å². The van der Waals surface area contributed by atoms with E-state index in [-0.39, 0.29) is 23.8 Å². The zero-order valence-electron chi connectivity index (χ0n) is 15.0. The van der Waals surface area contributed by atoms with E-state index in [1.165, 1.54) is 0 Å². The molecule has 0 saturated carbocycles. The Morgan fingerprint density at radius 1 is 1.27 bits per heavy atom. The Hall–Kier alpha value is -2.56. The molecule has 2 saturated heterocycles. The van der Waals surface area contributed by atoms with Gasteiger partial charge in [0, 0.05) is 23.9 Å². The van der Waals surface area contributed by atoms with Gasteiger partial charge in [-0.15, -0.1) is 0 Å². The number of carbonyl (C=O) groups excluding carboxylic acids is 2. The number of aromatic nitrogens is 1. The number of fused-ring (bicyclic) bond motifs is 4. The monoisotopic (exact) mass is 350 g/mol. The van der Waals surface area contributed by atoms with E-state index in [2.05, 4.69) is 4.98 Å². The van der Waals surface area contributed by atoms with Crippen molar-refractivity contribution in [3.8, 4) is 5.75 Å². The molecule has 2 fully saturated rings. The van der Waals surface area contributed by atoms with E-state index in [4.69, 9.17) is 4.74 Å². The van der Waals surface area contributed by atoms with Crippen LogP contribution in [-0.4, -0.2) is 39.3 Å². The van der Waals surface area contributed by atoms with Gasteiger partial charge >= 0.3 is 0 Å². The number of rotatable bonds is 1. The first-order valence-electron chi connectivity index (χ1n) is 9.29. The molecule has 3 aliphatic heterocycles. The minimum absolute atomic E-state index is 0.0353. The Morgan fingerprint density at radius 2 is 2.08 bits per heavy atom. The van der Waals surface area contributed by atoms with Crippen LogP contribution >= 0.6 is 0 Å². The highest BCUT2D eigenvalue weighted by atomic mass is 16.5. The molecule has 1 aromatic carbocycles. The number of nitrogens with zero attached hydrogens (tertiary/aromatic N) is 1. The summed E-state index contributed by atoms with van der Waals surface area (Å²) in [5.74, 6) is 0.851. The number of Topliss-reactive ketones (excluding diaryl/α,β-unsaturated/α-hetero) is 1. The van der Waals surface area contributed by atoms with E-state index >= 15 is 0 Å². The van der Waals surface area contributed by atoms with Crippen LogP contribution in [0.5, 0.6) is 5.75 Å². The molecule has 4 heterocycles. The topological polar surface area (TPSA) is 62.4 Å². The maximum absolute atomic E-state index is 13.3. The predicted molar refractivity (Wildman–Crippen MR) is 96.6 cm³/mol. The lowest BCUT2D eigenvalue weighted by Gasteiger charge is -2.40. The van der Waals surface area contributed by atoms with Crippen LogP contribution in [0.4, 0.5) is 0 Å². The molecule has 2 bridgehead atoms. The number of hydrogen-bond donors (Lipinski definition) is 1. The van der Waals surface area contributed by atoms with Crippen LogP contribution in [0.3, 0.4) is 0 Å². The van der Waals surface area contributed by atoms with Crippen LogP contribution in [0.2, 0.25) is 0 Å². The van der Waals surface area contributed by atoms with Crippen molar-refractivity contribution in [3.05, 3.63) is 52.8 Å². The SMILES string of the molecule is Cc1cc(C(=O)N2[C@@H]3CC[C@@H]2[C@]2(CC(=O)c4ccccc4O2)C3)c(C)[nH]1. The molecule has 3 atom stereocenters. The highest BCUT2D eigenvalue weighted by Gasteiger charge is 2.61. The molecule has 2 aromatic rings. The summed E-state index contributed by atoms with van der Waals surface area (Å²) in [6.07, 6.45) is 2.99. The van der Waals surface area contributed by atoms with Crippen molar-refractivity contribution in [1.82, 2.24) is 9.88 Å². The molecule has 0 radical (unpaired) electrons. The molecule has 0 aliphatic carbocycles. The van der Waals surface area contributed by atoms with Crippen LogP contribution < -0.4 is 4.74 Å². The number of H-pyrrole nitrogens is 1. The number of ether oxygens (including phenoxy) is 1. The lowest BCUT2D eigenvalue weighted by atomic mass is 9.78. The number of hydrogen-bond acceptors (Lipinski definition) is 3. The molecule has 1 N–H and O–H groups in total. The first-order valence-corrected chi connectivity index (χ1v) is 9.29. The summed E-state index contributed by atoms with van der Waals surface area (Å²) >= 11 is 0. The van der Waals surface area contributed by atoms with Gasteiger partial charge in [-0.25, -0.2) is 0 Å². The summed E-state index contributed by atoms with van der Waals surface area (Å²) in [6, 6.07) is 9.49. The molecule has 5 heteroatoms. The summed E-state index contributed by atoms with van der Waals surface area (Å²) in [6.45, 7) is 3.90. The second kappa shape index (κ2) is 5.22.